The van der Waals surface area contributed by atoms with Gasteiger partial charge < -0.3 is 0 Å². The van der Waals surface area contributed by atoms with E-state index in [9.17, 15) is 0 Å². The number of hydrogen-bond donors (Lipinski definition) is 1. The van der Waals surface area contributed by atoms with Gasteiger partial charge in [-0.2, -0.15) is 12.6 Å². The van der Waals surface area contributed by atoms with Crippen molar-refractivity contribution in [2.45, 2.75) is 27.2 Å². The van der Waals surface area contributed by atoms with Crippen molar-refractivity contribution < 1.29 is 0 Å². The Morgan fingerprint density at radius 2 is 2.00 bits per heavy atom. The van der Waals surface area contributed by atoms with Gasteiger partial charge in [0, 0.05) is 5.75 Å². The highest BCUT2D eigenvalue weighted by molar-refractivity contribution is 7.80. The van der Waals surface area contributed by atoms with Crippen molar-refractivity contribution in [1.82, 2.24) is 0 Å². The second-order valence-corrected chi connectivity index (χ2v) is 2.26. The molecule has 0 aliphatic heterocycles. The van der Waals surface area contributed by atoms with Crippen LogP contribution in [-0.4, -0.2) is 5.75 Å². The van der Waals surface area contributed by atoms with Gasteiger partial charge in [-0.3, -0.25) is 0 Å². The Bertz CT molecular complexity index is 143. The highest BCUT2D eigenvalue weighted by atomic mass is 32.1. The molecule has 70 valence electrons. The quantitative estimate of drug-likeness (QED) is 0.495. The number of thiol groups is 1. The molecule has 0 aromatic heterocycles. The third kappa shape index (κ3) is 9.57. The van der Waals surface area contributed by atoms with Crippen molar-refractivity contribution in [2.24, 2.45) is 0 Å². The molecule has 0 bridgehead atoms. The van der Waals surface area contributed by atoms with Crippen LogP contribution in [0.2, 0.25) is 0 Å². The summed E-state index contributed by atoms with van der Waals surface area (Å²) >= 11 is 4.16. The summed E-state index contributed by atoms with van der Waals surface area (Å²) < 4.78 is 0. The SMILES string of the molecule is C=C/C=C(\C=C/CC)CS.CC. The second kappa shape index (κ2) is 13.2. The van der Waals surface area contributed by atoms with Crippen molar-refractivity contribution >= 4 is 12.6 Å². The Kier molecular flexibility index (Phi) is 15.5. The van der Waals surface area contributed by atoms with E-state index >= 15 is 0 Å². The molecule has 0 saturated carbocycles. The average Bonchev–Trinajstić information content (AvgIpc) is 2.15. The maximum Gasteiger partial charge on any atom is 0.0154 e. The normalized spacial score (nSPS) is 10.8. The van der Waals surface area contributed by atoms with Gasteiger partial charge in [0.25, 0.3) is 0 Å². The van der Waals surface area contributed by atoms with Gasteiger partial charge in [0.05, 0.1) is 0 Å². The zero-order valence-electron chi connectivity index (χ0n) is 8.38. The van der Waals surface area contributed by atoms with Crippen LogP contribution in [0.1, 0.15) is 27.2 Å². The van der Waals surface area contributed by atoms with Gasteiger partial charge in [-0.25, -0.2) is 0 Å². The van der Waals surface area contributed by atoms with Crippen LogP contribution in [0.5, 0.6) is 0 Å². The predicted octanol–water partition coefficient (Wildman–Crippen LogP) is 4.02. The van der Waals surface area contributed by atoms with Crippen molar-refractivity contribution in [1.29, 1.82) is 0 Å². The first-order valence-electron chi connectivity index (χ1n) is 4.44. The van der Waals surface area contributed by atoms with E-state index in [1.807, 2.05) is 19.9 Å². The topological polar surface area (TPSA) is 0 Å². The van der Waals surface area contributed by atoms with Crippen LogP contribution in [-0.2, 0) is 0 Å². The third-order valence-corrected chi connectivity index (χ3v) is 1.45. The molecule has 0 aliphatic carbocycles. The summed E-state index contributed by atoms with van der Waals surface area (Å²) in [6.45, 7) is 9.72. The summed E-state index contributed by atoms with van der Waals surface area (Å²) in [4.78, 5) is 0. The summed E-state index contributed by atoms with van der Waals surface area (Å²) in [5, 5.41) is 0. The van der Waals surface area contributed by atoms with Gasteiger partial charge in [-0.1, -0.05) is 51.7 Å². The Labute approximate surface area is 82.5 Å². The Hall–Kier alpha value is -0.430. The standard InChI is InChI=1S/C9H14S.C2H6/c1-3-5-7-9(8-10)6-4-2;1-2/h4-7,10H,2-3,8H2,1H3;1-2H3/b7-5-,9-6+;. The lowest BCUT2D eigenvalue weighted by atomic mass is 10.2. The third-order valence-electron chi connectivity index (χ3n) is 1.08. The van der Waals surface area contributed by atoms with Crippen LogP contribution in [0.15, 0.2) is 36.5 Å². The highest BCUT2D eigenvalue weighted by Gasteiger charge is 1.82. The van der Waals surface area contributed by atoms with Gasteiger partial charge in [-0.05, 0) is 12.0 Å². The molecule has 0 spiro atoms. The number of hydrogen-bond acceptors (Lipinski definition) is 1. The molecule has 1 heteroatoms. The molecule has 0 aliphatic rings. The van der Waals surface area contributed by atoms with Gasteiger partial charge in [0.2, 0.25) is 0 Å². The molecule has 0 aromatic carbocycles. The minimum absolute atomic E-state index is 0.780. The van der Waals surface area contributed by atoms with E-state index in [-0.39, 0.29) is 0 Å². The summed E-state index contributed by atoms with van der Waals surface area (Å²) in [5.41, 5.74) is 1.21. The number of allylic oxidation sites excluding steroid dienone is 4. The molecule has 0 saturated heterocycles. The van der Waals surface area contributed by atoms with E-state index in [4.69, 9.17) is 0 Å². The summed E-state index contributed by atoms with van der Waals surface area (Å²) in [5.74, 6) is 0.780. The Balaban J connectivity index is 0. The first-order valence-corrected chi connectivity index (χ1v) is 5.07. The lowest BCUT2D eigenvalue weighted by molar-refractivity contribution is 1.22. The monoisotopic (exact) mass is 184 g/mol. The largest absolute Gasteiger partial charge is 0.175 e. The fourth-order valence-electron chi connectivity index (χ4n) is 0.582. The predicted molar refractivity (Wildman–Crippen MR) is 62.9 cm³/mol. The van der Waals surface area contributed by atoms with Crippen LogP contribution in [0.4, 0.5) is 0 Å². The van der Waals surface area contributed by atoms with Crippen LogP contribution in [0, 0.1) is 0 Å². The van der Waals surface area contributed by atoms with Crippen molar-refractivity contribution in [3.05, 3.63) is 36.5 Å². The lowest BCUT2D eigenvalue weighted by Crippen LogP contribution is -1.76. The van der Waals surface area contributed by atoms with E-state index in [1.54, 1.807) is 6.08 Å². The summed E-state index contributed by atoms with van der Waals surface area (Å²) in [6.07, 6.45) is 9.02. The van der Waals surface area contributed by atoms with Crippen LogP contribution < -0.4 is 0 Å². The second-order valence-electron chi connectivity index (χ2n) is 1.95. The first-order chi connectivity index (χ1) is 5.85. The zero-order chi connectivity index (χ0) is 9.82. The Morgan fingerprint density at radius 1 is 1.42 bits per heavy atom. The molecule has 0 rings (SSSR count). The molecule has 0 amide bonds. The Morgan fingerprint density at radius 3 is 2.33 bits per heavy atom. The smallest absolute Gasteiger partial charge is 0.0154 e. The van der Waals surface area contributed by atoms with Crippen LogP contribution in [0.25, 0.3) is 0 Å². The molecule has 0 radical (unpaired) electrons. The van der Waals surface area contributed by atoms with Crippen LogP contribution >= 0.6 is 12.6 Å². The molecule has 0 unspecified atom stereocenters. The van der Waals surface area contributed by atoms with Gasteiger partial charge in [-0.15, -0.1) is 0 Å². The first kappa shape index (κ1) is 14.1. The summed E-state index contributed by atoms with van der Waals surface area (Å²) in [6, 6.07) is 0. The molecule has 0 heterocycles. The van der Waals surface area contributed by atoms with Crippen molar-refractivity contribution in [3.8, 4) is 0 Å². The molecule has 0 nitrogen and oxygen atoms in total. The van der Waals surface area contributed by atoms with E-state index in [2.05, 4.69) is 38.3 Å². The maximum atomic E-state index is 4.16. The van der Waals surface area contributed by atoms with Gasteiger partial charge in [0.1, 0.15) is 0 Å². The highest BCUT2D eigenvalue weighted by Crippen LogP contribution is 2.00. The molecule has 0 fully saturated rings. The molecular weight excluding hydrogens is 164 g/mol. The minimum Gasteiger partial charge on any atom is -0.175 e. The molecular formula is C11H20S. The molecule has 0 aromatic rings. The fraction of sp³-hybridized carbons (Fsp3) is 0.455. The van der Waals surface area contributed by atoms with E-state index in [0.29, 0.717) is 0 Å². The van der Waals surface area contributed by atoms with E-state index in [0.717, 1.165) is 12.2 Å². The molecule has 12 heavy (non-hydrogen) atoms. The molecule has 0 atom stereocenters. The zero-order valence-corrected chi connectivity index (χ0v) is 9.27. The lowest BCUT2D eigenvalue weighted by Gasteiger charge is -1.91. The van der Waals surface area contributed by atoms with E-state index < -0.39 is 0 Å². The molecule has 0 N–H and O–H groups in total. The van der Waals surface area contributed by atoms with Crippen molar-refractivity contribution in [3.63, 3.8) is 0 Å². The van der Waals surface area contributed by atoms with Crippen molar-refractivity contribution in [2.75, 3.05) is 5.75 Å². The fourth-order valence-corrected chi connectivity index (χ4v) is 0.792. The van der Waals surface area contributed by atoms with Crippen LogP contribution in [0.3, 0.4) is 0 Å². The van der Waals surface area contributed by atoms with Gasteiger partial charge in [0.15, 0.2) is 0 Å². The van der Waals surface area contributed by atoms with E-state index in [1.165, 1.54) is 5.57 Å². The average molecular weight is 184 g/mol. The summed E-state index contributed by atoms with van der Waals surface area (Å²) in [7, 11) is 0. The number of rotatable bonds is 4. The minimum atomic E-state index is 0.780. The maximum absolute atomic E-state index is 4.16. The van der Waals surface area contributed by atoms with Gasteiger partial charge >= 0.3 is 0 Å².